The Kier molecular flexibility index (Phi) is 2.93. The van der Waals surface area contributed by atoms with Gasteiger partial charge in [0.05, 0.1) is 6.54 Å². The van der Waals surface area contributed by atoms with Gasteiger partial charge in [0, 0.05) is 25.4 Å². The van der Waals surface area contributed by atoms with Gasteiger partial charge < -0.3 is 4.90 Å². The van der Waals surface area contributed by atoms with Gasteiger partial charge in [0.15, 0.2) is 0 Å². The van der Waals surface area contributed by atoms with Crippen molar-refractivity contribution in [3.05, 3.63) is 24.3 Å². The minimum atomic E-state index is 0.193. The number of nitrogens with zero attached hydrogens (tertiary/aromatic N) is 3. The molecule has 1 aromatic rings. The molecule has 0 radical (unpaired) electrons. The lowest BCUT2D eigenvalue weighted by Crippen LogP contribution is -2.24. The van der Waals surface area contributed by atoms with E-state index in [9.17, 15) is 4.79 Å². The van der Waals surface area contributed by atoms with Crippen LogP contribution < -0.4 is 0 Å². The Hall–Kier alpha value is -1.89. The van der Waals surface area contributed by atoms with Gasteiger partial charge in [-0.25, -0.2) is 9.97 Å². The first-order valence-corrected chi connectivity index (χ1v) is 4.90. The zero-order valence-corrected chi connectivity index (χ0v) is 8.31. The molecule has 0 aromatic carbocycles. The van der Waals surface area contributed by atoms with Crippen molar-refractivity contribution in [3.63, 3.8) is 0 Å². The fourth-order valence-corrected chi connectivity index (χ4v) is 1.45. The average Bonchev–Trinajstić information content (AvgIpc) is 2.66. The molecular weight excluding hydrogens is 190 g/mol. The van der Waals surface area contributed by atoms with E-state index >= 15 is 0 Å². The van der Waals surface area contributed by atoms with Crippen LogP contribution in [0.5, 0.6) is 0 Å². The summed E-state index contributed by atoms with van der Waals surface area (Å²) >= 11 is 0. The maximum absolute atomic E-state index is 11.2. The van der Waals surface area contributed by atoms with E-state index in [2.05, 4.69) is 21.8 Å². The molecule has 4 nitrogen and oxygen atoms in total. The smallest absolute Gasteiger partial charge is 0.223 e. The van der Waals surface area contributed by atoms with Gasteiger partial charge in [-0.05, 0) is 18.4 Å². The molecule has 1 aromatic heterocycles. The molecule has 1 saturated heterocycles. The normalized spacial score (nSPS) is 14.9. The molecule has 4 heteroatoms. The van der Waals surface area contributed by atoms with Crippen LogP contribution in [0.4, 0.5) is 0 Å². The molecule has 0 spiro atoms. The SMILES string of the molecule is O=C1CCCN1CC#Cc1ncccn1. The van der Waals surface area contributed by atoms with E-state index in [4.69, 9.17) is 0 Å². The first-order chi connectivity index (χ1) is 7.36. The summed E-state index contributed by atoms with van der Waals surface area (Å²) in [5.41, 5.74) is 0. The van der Waals surface area contributed by atoms with Gasteiger partial charge in [-0.15, -0.1) is 0 Å². The second-order valence-electron chi connectivity index (χ2n) is 3.29. The zero-order valence-electron chi connectivity index (χ0n) is 8.31. The Morgan fingerprint density at radius 2 is 2.20 bits per heavy atom. The highest BCUT2D eigenvalue weighted by Gasteiger charge is 2.18. The molecule has 0 aliphatic carbocycles. The lowest BCUT2D eigenvalue weighted by molar-refractivity contribution is -0.127. The number of amides is 1. The van der Waals surface area contributed by atoms with Crippen LogP contribution in [0.3, 0.4) is 0 Å². The number of aromatic nitrogens is 2. The molecule has 0 bridgehead atoms. The van der Waals surface area contributed by atoms with E-state index in [1.165, 1.54) is 0 Å². The Balaban J connectivity index is 1.93. The van der Waals surface area contributed by atoms with Gasteiger partial charge in [-0.1, -0.05) is 5.92 Å². The molecule has 1 amide bonds. The quantitative estimate of drug-likeness (QED) is 0.620. The van der Waals surface area contributed by atoms with Crippen molar-refractivity contribution >= 4 is 5.91 Å². The van der Waals surface area contributed by atoms with Crippen molar-refractivity contribution in [2.45, 2.75) is 12.8 Å². The zero-order chi connectivity index (χ0) is 10.5. The Morgan fingerprint density at radius 1 is 1.40 bits per heavy atom. The second-order valence-corrected chi connectivity index (χ2v) is 3.29. The van der Waals surface area contributed by atoms with Crippen LogP contribution in [0, 0.1) is 11.8 Å². The molecule has 1 fully saturated rings. The first kappa shape index (κ1) is 9.66. The van der Waals surface area contributed by atoms with Gasteiger partial charge in [-0.2, -0.15) is 0 Å². The molecule has 1 aliphatic heterocycles. The highest BCUT2D eigenvalue weighted by molar-refractivity contribution is 5.78. The summed E-state index contributed by atoms with van der Waals surface area (Å²) in [6.45, 7) is 1.31. The summed E-state index contributed by atoms with van der Waals surface area (Å²) in [5.74, 6) is 6.43. The molecule has 15 heavy (non-hydrogen) atoms. The summed E-state index contributed by atoms with van der Waals surface area (Å²) in [6.07, 6.45) is 4.90. The monoisotopic (exact) mass is 201 g/mol. The van der Waals surface area contributed by atoms with Crippen LogP contribution in [0.15, 0.2) is 18.5 Å². The number of hydrogen-bond donors (Lipinski definition) is 0. The van der Waals surface area contributed by atoms with E-state index in [0.29, 0.717) is 18.8 Å². The predicted octanol–water partition coefficient (Wildman–Crippen LogP) is 0.451. The topological polar surface area (TPSA) is 46.1 Å². The molecule has 76 valence electrons. The second kappa shape index (κ2) is 4.56. The van der Waals surface area contributed by atoms with E-state index in [1.807, 2.05) is 0 Å². The summed E-state index contributed by atoms with van der Waals surface area (Å²) in [5, 5.41) is 0. The van der Waals surface area contributed by atoms with E-state index in [1.54, 1.807) is 23.4 Å². The Morgan fingerprint density at radius 3 is 2.87 bits per heavy atom. The molecular formula is C11H11N3O. The van der Waals surface area contributed by atoms with Crippen molar-refractivity contribution in [1.82, 2.24) is 14.9 Å². The van der Waals surface area contributed by atoms with Crippen molar-refractivity contribution in [1.29, 1.82) is 0 Å². The fraction of sp³-hybridized carbons (Fsp3) is 0.364. The summed E-state index contributed by atoms with van der Waals surface area (Å²) in [4.78, 5) is 21.0. The molecule has 2 rings (SSSR count). The predicted molar refractivity (Wildman–Crippen MR) is 54.7 cm³/mol. The van der Waals surface area contributed by atoms with Gasteiger partial charge in [0.25, 0.3) is 0 Å². The minimum absolute atomic E-state index is 0.193. The highest BCUT2D eigenvalue weighted by Crippen LogP contribution is 2.07. The lowest BCUT2D eigenvalue weighted by atomic mass is 10.4. The van der Waals surface area contributed by atoms with Crippen molar-refractivity contribution in [2.24, 2.45) is 0 Å². The van der Waals surface area contributed by atoms with Crippen molar-refractivity contribution < 1.29 is 4.79 Å². The van der Waals surface area contributed by atoms with Gasteiger partial charge in [0.2, 0.25) is 11.7 Å². The largest absolute Gasteiger partial charge is 0.332 e. The first-order valence-electron chi connectivity index (χ1n) is 4.90. The van der Waals surface area contributed by atoms with E-state index < -0.39 is 0 Å². The average molecular weight is 201 g/mol. The van der Waals surface area contributed by atoms with Crippen LogP contribution >= 0.6 is 0 Å². The van der Waals surface area contributed by atoms with Crippen molar-refractivity contribution in [3.8, 4) is 11.8 Å². The van der Waals surface area contributed by atoms with Crippen molar-refractivity contribution in [2.75, 3.05) is 13.1 Å². The molecule has 0 atom stereocenters. The minimum Gasteiger partial charge on any atom is -0.332 e. The molecule has 0 saturated carbocycles. The molecule has 2 heterocycles. The molecule has 1 aliphatic rings. The molecule has 0 N–H and O–H groups in total. The number of carbonyl (C=O) groups is 1. The van der Waals surface area contributed by atoms with Crippen LogP contribution in [-0.4, -0.2) is 33.9 Å². The van der Waals surface area contributed by atoms with E-state index in [-0.39, 0.29) is 5.91 Å². The van der Waals surface area contributed by atoms with Crippen LogP contribution in [0.2, 0.25) is 0 Å². The summed E-state index contributed by atoms with van der Waals surface area (Å²) in [6, 6.07) is 1.75. The summed E-state index contributed by atoms with van der Waals surface area (Å²) in [7, 11) is 0. The van der Waals surface area contributed by atoms with E-state index in [0.717, 1.165) is 13.0 Å². The lowest BCUT2D eigenvalue weighted by Gasteiger charge is -2.09. The number of carbonyl (C=O) groups excluding carboxylic acids is 1. The number of likely N-dealkylation sites (tertiary alicyclic amines) is 1. The van der Waals surface area contributed by atoms with Crippen LogP contribution in [-0.2, 0) is 4.79 Å². The van der Waals surface area contributed by atoms with Crippen LogP contribution in [0.25, 0.3) is 0 Å². The number of rotatable bonds is 1. The van der Waals surface area contributed by atoms with Gasteiger partial charge in [0.1, 0.15) is 0 Å². The molecule has 0 unspecified atom stereocenters. The number of hydrogen-bond acceptors (Lipinski definition) is 3. The Labute approximate surface area is 88.3 Å². The maximum atomic E-state index is 11.2. The van der Waals surface area contributed by atoms with Crippen LogP contribution in [0.1, 0.15) is 18.7 Å². The van der Waals surface area contributed by atoms with Gasteiger partial charge >= 0.3 is 0 Å². The third-order valence-corrected chi connectivity index (χ3v) is 2.21. The van der Waals surface area contributed by atoms with Gasteiger partial charge in [-0.3, -0.25) is 4.79 Å². The summed E-state index contributed by atoms with van der Waals surface area (Å²) < 4.78 is 0. The Bertz CT molecular complexity index is 405. The fourth-order valence-electron chi connectivity index (χ4n) is 1.45. The highest BCUT2D eigenvalue weighted by atomic mass is 16.2. The third kappa shape index (κ3) is 2.53. The third-order valence-electron chi connectivity index (χ3n) is 2.21. The standard InChI is InChI=1S/C11H11N3O/c15-11-5-2-9-14(11)8-1-4-10-12-6-3-7-13-10/h3,6-7H,2,5,8-9H2. The maximum Gasteiger partial charge on any atom is 0.223 e.